The minimum absolute atomic E-state index is 0.0326. The fraction of sp³-hybridized carbons (Fsp3) is 0.211. The summed E-state index contributed by atoms with van der Waals surface area (Å²) in [6.07, 6.45) is 14.3. The first-order chi connectivity index (χ1) is 10.7. The van der Waals surface area contributed by atoms with Crippen LogP contribution in [-0.2, 0) is 16.0 Å². The van der Waals surface area contributed by atoms with Gasteiger partial charge < -0.3 is 0 Å². The van der Waals surface area contributed by atoms with E-state index < -0.39 is 0 Å². The van der Waals surface area contributed by atoms with Gasteiger partial charge in [-0.15, -0.1) is 6.58 Å². The molecule has 112 valence electrons. The molecule has 0 saturated carbocycles. The van der Waals surface area contributed by atoms with Crippen LogP contribution in [0.3, 0.4) is 0 Å². The molecule has 0 unspecified atom stereocenters. The molecule has 1 aliphatic rings. The summed E-state index contributed by atoms with van der Waals surface area (Å²) in [5, 5.41) is 0. The van der Waals surface area contributed by atoms with Gasteiger partial charge in [0.25, 0.3) is 0 Å². The van der Waals surface area contributed by atoms with E-state index in [1.54, 1.807) is 24.5 Å². The topological polar surface area (TPSA) is 47.0 Å². The highest BCUT2D eigenvalue weighted by Gasteiger charge is 2.14. The third-order valence-electron chi connectivity index (χ3n) is 3.43. The van der Waals surface area contributed by atoms with Crippen molar-refractivity contribution in [1.29, 1.82) is 0 Å². The summed E-state index contributed by atoms with van der Waals surface area (Å²) in [6, 6.07) is 3.85. The zero-order chi connectivity index (χ0) is 15.8. The first-order valence-corrected chi connectivity index (χ1v) is 7.35. The summed E-state index contributed by atoms with van der Waals surface area (Å²) in [7, 11) is 0. The quantitative estimate of drug-likeness (QED) is 0.595. The second-order valence-corrected chi connectivity index (χ2v) is 5.11. The van der Waals surface area contributed by atoms with Crippen LogP contribution in [0.4, 0.5) is 0 Å². The molecule has 0 atom stereocenters. The van der Waals surface area contributed by atoms with Gasteiger partial charge in [0.05, 0.1) is 0 Å². The van der Waals surface area contributed by atoms with Crippen molar-refractivity contribution >= 4 is 11.6 Å². The summed E-state index contributed by atoms with van der Waals surface area (Å²) in [5.74, 6) is 0.0263. The molecule has 1 heterocycles. The van der Waals surface area contributed by atoms with Crippen molar-refractivity contribution in [2.75, 3.05) is 0 Å². The maximum Gasteiger partial charge on any atom is 0.188 e. The van der Waals surface area contributed by atoms with Gasteiger partial charge in [-0.05, 0) is 43.0 Å². The van der Waals surface area contributed by atoms with Crippen molar-refractivity contribution in [3.05, 3.63) is 78.2 Å². The average molecular weight is 293 g/mol. The van der Waals surface area contributed by atoms with Gasteiger partial charge in [-0.1, -0.05) is 24.3 Å². The summed E-state index contributed by atoms with van der Waals surface area (Å²) >= 11 is 0. The van der Waals surface area contributed by atoms with Crippen LogP contribution < -0.4 is 0 Å². The highest BCUT2D eigenvalue weighted by atomic mass is 16.1. The molecule has 22 heavy (non-hydrogen) atoms. The number of ketones is 2. The van der Waals surface area contributed by atoms with Gasteiger partial charge in [0.2, 0.25) is 0 Å². The minimum Gasteiger partial charge on any atom is -0.295 e. The molecule has 0 radical (unpaired) electrons. The van der Waals surface area contributed by atoms with E-state index in [1.165, 1.54) is 6.08 Å². The molecule has 3 heteroatoms. The number of hydrogen-bond acceptors (Lipinski definition) is 3. The van der Waals surface area contributed by atoms with Crippen molar-refractivity contribution in [1.82, 2.24) is 4.98 Å². The SMILES string of the molecule is C=CCC(=CCc1cccnc1)C(=O)C1=CCCC(=O)C=C1. The first-order valence-electron chi connectivity index (χ1n) is 7.35. The largest absolute Gasteiger partial charge is 0.295 e. The molecule has 0 spiro atoms. The lowest BCUT2D eigenvalue weighted by Crippen LogP contribution is -2.05. The van der Waals surface area contributed by atoms with Crippen molar-refractivity contribution in [3.8, 4) is 0 Å². The Hall–Kier alpha value is -2.55. The number of aromatic nitrogens is 1. The number of pyridine rings is 1. The van der Waals surface area contributed by atoms with E-state index in [0.717, 1.165) is 5.56 Å². The van der Waals surface area contributed by atoms with Gasteiger partial charge in [0, 0.05) is 30.0 Å². The van der Waals surface area contributed by atoms with E-state index in [-0.39, 0.29) is 11.6 Å². The molecule has 0 aliphatic heterocycles. The Balaban J connectivity index is 2.17. The van der Waals surface area contributed by atoms with Crippen LogP contribution in [0, 0.1) is 0 Å². The smallest absolute Gasteiger partial charge is 0.188 e. The molecular formula is C19H19NO2. The van der Waals surface area contributed by atoms with Crippen molar-refractivity contribution < 1.29 is 9.59 Å². The minimum atomic E-state index is -0.0326. The second kappa shape index (κ2) is 8.03. The van der Waals surface area contributed by atoms with Gasteiger partial charge >= 0.3 is 0 Å². The number of Topliss-reactive ketones (excluding diaryl/α,β-unsaturated/α-hetero) is 1. The first kappa shape index (κ1) is 15.8. The fourth-order valence-electron chi connectivity index (χ4n) is 2.24. The Bertz CT molecular complexity index is 651. The number of carbonyl (C=O) groups excluding carboxylic acids is 2. The van der Waals surface area contributed by atoms with Gasteiger partial charge in [-0.2, -0.15) is 0 Å². The number of allylic oxidation sites excluding steroid dienone is 7. The van der Waals surface area contributed by atoms with Crippen LogP contribution >= 0.6 is 0 Å². The Morgan fingerprint density at radius 1 is 1.36 bits per heavy atom. The summed E-state index contributed by atoms with van der Waals surface area (Å²) in [6.45, 7) is 3.72. The maximum absolute atomic E-state index is 12.6. The monoisotopic (exact) mass is 293 g/mol. The zero-order valence-electron chi connectivity index (χ0n) is 12.5. The van der Waals surface area contributed by atoms with E-state index in [1.807, 2.05) is 24.3 Å². The Kier molecular flexibility index (Phi) is 5.78. The average Bonchev–Trinajstić information content (AvgIpc) is 2.76. The maximum atomic E-state index is 12.6. The van der Waals surface area contributed by atoms with E-state index >= 15 is 0 Å². The summed E-state index contributed by atoms with van der Waals surface area (Å²) < 4.78 is 0. The molecule has 1 aliphatic carbocycles. The molecule has 1 aromatic heterocycles. The molecule has 1 aromatic rings. The van der Waals surface area contributed by atoms with E-state index in [9.17, 15) is 9.59 Å². The number of carbonyl (C=O) groups is 2. The van der Waals surface area contributed by atoms with Crippen LogP contribution in [0.5, 0.6) is 0 Å². The lowest BCUT2D eigenvalue weighted by molar-refractivity contribution is -0.114. The van der Waals surface area contributed by atoms with Gasteiger partial charge in [-0.3, -0.25) is 14.6 Å². The standard InChI is InChI=1S/C19H19NO2/c1-2-5-16(10-9-15-6-4-13-20-14-15)19(22)17-7-3-8-18(21)12-11-17/h2,4,6-7,10-14H,1,3,5,8-9H2. The van der Waals surface area contributed by atoms with E-state index in [4.69, 9.17) is 0 Å². The molecule has 3 nitrogen and oxygen atoms in total. The molecule has 0 fully saturated rings. The lowest BCUT2D eigenvalue weighted by Gasteiger charge is -2.05. The van der Waals surface area contributed by atoms with Crippen molar-refractivity contribution in [3.63, 3.8) is 0 Å². The molecule has 0 bridgehead atoms. The van der Waals surface area contributed by atoms with Crippen molar-refractivity contribution in [2.24, 2.45) is 0 Å². The van der Waals surface area contributed by atoms with Crippen molar-refractivity contribution in [2.45, 2.75) is 25.7 Å². The molecule has 0 N–H and O–H groups in total. The molecular weight excluding hydrogens is 274 g/mol. The normalized spacial score (nSPS) is 15.2. The number of rotatable bonds is 6. The molecule has 0 aromatic carbocycles. The van der Waals surface area contributed by atoms with E-state index in [2.05, 4.69) is 11.6 Å². The van der Waals surface area contributed by atoms with Crippen LogP contribution in [0.1, 0.15) is 24.8 Å². The fourth-order valence-corrected chi connectivity index (χ4v) is 2.24. The number of hydrogen-bond donors (Lipinski definition) is 0. The third-order valence-corrected chi connectivity index (χ3v) is 3.43. The highest BCUT2D eigenvalue weighted by Crippen LogP contribution is 2.17. The molecule has 0 saturated heterocycles. The van der Waals surface area contributed by atoms with Crippen LogP contribution in [0.15, 0.2) is 72.6 Å². The zero-order valence-corrected chi connectivity index (χ0v) is 12.5. The Labute approximate surface area is 130 Å². The molecule has 2 rings (SSSR count). The Morgan fingerprint density at radius 3 is 2.95 bits per heavy atom. The summed E-state index contributed by atoms with van der Waals surface area (Å²) in [4.78, 5) is 28.1. The highest BCUT2D eigenvalue weighted by molar-refractivity contribution is 6.11. The van der Waals surface area contributed by atoms with Gasteiger partial charge in [0.15, 0.2) is 11.6 Å². The van der Waals surface area contributed by atoms with Gasteiger partial charge in [0.1, 0.15) is 0 Å². The van der Waals surface area contributed by atoms with Crippen LogP contribution in [-0.4, -0.2) is 16.6 Å². The number of nitrogens with zero attached hydrogens (tertiary/aromatic N) is 1. The summed E-state index contributed by atoms with van der Waals surface area (Å²) in [5.41, 5.74) is 2.34. The molecule has 0 amide bonds. The van der Waals surface area contributed by atoms with Crippen LogP contribution in [0.25, 0.3) is 0 Å². The second-order valence-electron chi connectivity index (χ2n) is 5.11. The Morgan fingerprint density at radius 2 is 2.23 bits per heavy atom. The predicted octanol–water partition coefficient (Wildman–Crippen LogP) is 3.54. The van der Waals surface area contributed by atoms with Gasteiger partial charge in [-0.25, -0.2) is 0 Å². The van der Waals surface area contributed by atoms with Crippen LogP contribution in [0.2, 0.25) is 0 Å². The van der Waals surface area contributed by atoms with E-state index in [0.29, 0.717) is 36.8 Å². The predicted molar refractivity (Wildman–Crippen MR) is 87.3 cm³/mol. The lowest BCUT2D eigenvalue weighted by atomic mass is 9.98. The third kappa shape index (κ3) is 4.48.